The molecule has 0 bridgehead atoms. The van der Waals surface area contributed by atoms with Crippen LogP contribution in [0.4, 0.5) is 5.69 Å². The lowest BCUT2D eigenvalue weighted by Crippen LogP contribution is -2.26. The molecule has 0 aromatic heterocycles. The minimum absolute atomic E-state index is 0.184. The van der Waals surface area contributed by atoms with E-state index in [1.807, 2.05) is 0 Å². The summed E-state index contributed by atoms with van der Waals surface area (Å²) in [6.07, 6.45) is 0. The fourth-order valence-electron chi connectivity index (χ4n) is 2.61. The number of carbonyl (C=O) groups is 1. The number of anilines is 1. The molecule has 7 heteroatoms. The van der Waals surface area contributed by atoms with Gasteiger partial charge in [0.05, 0.1) is 21.3 Å². The molecule has 0 unspecified atom stereocenters. The van der Waals surface area contributed by atoms with Crippen molar-refractivity contribution in [2.75, 3.05) is 40.1 Å². The maximum absolute atomic E-state index is 12.9. The fourth-order valence-corrected chi connectivity index (χ4v) is 2.61. The quantitative estimate of drug-likeness (QED) is 0.830. The molecular formula is C18H19NO6. The van der Waals surface area contributed by atoms with Crippen LogP contribution in [-0.4, -0.2) is 41.1 Å². The van der Waals surface area contributed by atoms with Crippen molar-refractivity contribution in [3.05, 3.63) is 35.9 Å². The number of carbonyl (C=O) groups excluding carboxylic acids is 1. The first kappa shape index (κ1) is 16.8. The van der Waals surface area contributed by atoms with E-state index in [9.17, 15) is 4.79 Å². The molecule has 7 nitrogen and oxygen atoms in total. The molecule has 0 spiro atoms. The minimum atomic E-state index is -0.224. The van der Waals surface area contributed by atoms with Gasteiger partial charge in [-0.3, -0.25) is 4.79 Å². The fraction of sp³-hybridized carbons (Fsp3) is 0.278. The van der Waals surface area contributed by atoms with E-state index in [-0.39, 0.29) is 12.7 Å². The molecule has 2 aromatic rings. The van der Waals surface area contributed by atoms with Crippen LogP contribution in [0, 0.1) is 0 Å². The van der Waals surface area contributed by atoms with Gasteiger partial charge in [-0.05, 0) is 24.3 Å². The Balaban J connectivity index is 1.94. The van der Waals surface area contributed by atoms with Gasteiger partial charge in [0.15, 0.2) is 23.0 Å². The number of hydrogen-bond donors (Lipinski definition) is 0. The van der Waals surface area contributed by atoms with Crippen molar-refractivity contribution in [3.8, 4) is 28.7 Å². The second-order valence-electron chi connectivity index (χ2n) is 5.32. The summed E-state index contributed by atoms with van der Waals surface area (Å²) in [6, 6.07) is 8.57. The number of nitrogens with zero attached hydrogens (tertiary/aromatic N) is 1. The van der Waals surface area contributed by atoms with Gasteiger partial charge < -0.3 is 28.6 Å². The van der Waals surface area contributed by atoms with E-state index in [0.717, 1.165) is 0 Å². The van der Waals surface area contributed by atoms with Gasteiger partial charge >= 0.3 is 0 Å². The number of benzene rings is 2. The third-order valence-corrected chi connectivity index (χ3v) is 3.96. The van der Waals surface area contributed by atoms with Crippen LogP contribution in [0.2, 0.25) is 0 Å². The molecule has 25 heavy (non-hydrogen) atoms. The van der Waals surface area contributed by atoms with Crippen LogP contribution in [0.5, 0.6) is 28.7 Å². The first-order valence-corrected chi connectivity index (χ1v) is 7.56. The Morgan fingerprint density at radius 3 is 2.20 bits per heavy atom. The molecule has 0 radical (unpaired) electrons. The highest BCUT2D eigenvalue weighted by atomic mass is 16.7. The number of fused-ring (bicyclic) bond motifs is 1. The van der Waals surface area contributed by atoms with E-state index < -0.39 is 0 Å². The zero-order chi connectivity index (χ0) is 18.0. The van der Waals surface area contributed by atoms with Gasteiger partial charge in [-0.2, -0.15) is 0 Å². The average molecular weight is 345 g/mol. The number of rotatable bonds is 5. The van der Waals surface area contributed by atoms with E-state index in [1.54, 1.807) is 37.4 Å². The van der Waals surface area contributed by atoms with Crippen LogP contribution >= 0.6 is 0 Å². The summed E-state index contributed by atoms with van der Waals surface area (Å²) < 4.78 is 26.5. The predicted molar refractivity (Wildman–Crippen MR) is 91.4 cm³/mol. The Morgan fingerprint density at radius 2 is 1.60 bits per heavy atom. The van der Waals surface area contributed by atoms with Crippen LogP contribution in [0.25, 0.3) is 0 Å². The van der Waals surface area contributed by atoms with Gasteiger partial charge in [-0.15, -0.1) is 0 Å². The summed E-state index contributed by atoms with van der Waals surface area (Å²) >= 11 is 0. The molecular weight excluding hydrogens is 326 g/mol. The Hall–Kier alpha value is -3.09. The van der Waals surface area contributed by atoms with E-state index in [1.165, 1.54) is 26.2 Å². The first-order chi connectivity index (χ1) is 12.1. The van der Waals surface area contributed by atoms with E-state index in [0.29, 0.717) is 40.0 Å². The second-order valence-corrected chi connectivity index (χ2v) is 5.32. The summed E-state index contributed by atoms with van der Waals surface area (Å²) in [5.41, 5.74) is 1.10. The summed E-state index contributed by atoms with van der Waals surface area (Å²) in [5, 5.41) is 0. The summed E-state index contributed by atoms with van der Waals surface area (Å²) in [4.78, 5) is 14.4. The molecule has 0 saturated heterocycles. The van der Waals surface area contributed by atoms with E-state index in [2.05, 4.69) is 0 Å². The van der Waals surface area contributed by atoms with E-state index >= 15 is 0 Å². The molecule has 0 atom stereocenters. The monoisotopic (exact) mass is 345 g/mol. The Kier molecular flexibility index (Phi) is 4.56. The zero-order valence-corrected chi connectivity index (χ0v) is 14.5. The van der Waals surface area contributed by atoms with Crippen molar-refractivity contribution in [1.29, 1.82) is 0 Å². The molecule has 0 N–H and O–H groups in total. The molecule has 1 amide bonds. The number of methoxy groups -OCH3 is 3. The third-order valence-electron chi connectivity index (χ3n) is 3.96. The van der Waals surface area contributed by atoms with Crippen molar-refractivity contribution in [1.82, 2.24) is 0 Å². The van der Waals surface area contributed by atoms with Crippen molar-refractivity contribution >= 4 is 11.6 Å². The molecule has 1 aliphatic heterocycles. The minimum Gasteiger partial charge on any atom is -0.493 e. The Bertz CT molecular complexity index is 779. The van der Waals surface area contributed by atoms with Gasteiger partial charge in [0.2, 0.25) is 12.5 Å². The molecule has 132 valence electrons. The lowest BCUT2D eigenvalue weighted by Gasteiger charge is -2.19. The van der Waals surface area contributed by atoms with Crippen LogP contribution in [-0.2, 0) is 0 Å². The van der Waals surface area contributed by atoms with Gasteiger partial charge in [-0.25, -0.2) is 0 Å². The van der Waals surface area contributed by atoms with E-state index in [4.69, 9.17) is 23.7 Å². The van der Waals surface area contributed by atoms with Crippen molar-refractivity contribution in [3.63, 3.8) is 0 Å². The average Bonchev–Trinajstić information content (AvgIpc) is 3.13. The van der Waals surface area contributed by atoms with Crippen molar-refractivity contribution in [2.45, 2.75) is 0 Å². The zero-order valence-electron chi connectivity index (χ0n) is 14.5. The van der Waals surface area contributed by atoms with Gasteiger partial charge in [0.1, 0.15) is 0 Å². The number of ether oxygens (including phenoxy) is 5. The largest absolute Gasteiger partial charge is 0.493 e. The molecule has 0 fully saturated rings. The van der Waals surface area contributed by atoms with Crippen LogP contribution in [0.15, 0.2) is 30.3 Å². The summed E-state index contributed by atoms with van der Waals surface area (Å²) in [5.74, 6) is 2.33. The first-order valence-electron chi connectivity index (χ1n) is 7.56. The topological polar surface area (TPSA) is 66.5 Å². The summed E-state index contributed by atoms with van der Waals surface area (Å²) in [6.45, 7) is 0.184. The lowest BCUT2D eigenvalue weighted by molar-refractivity contribution is 0.0992. The van der Waals surface area contributed by atoms with Crippen LogP contribution < -0.4 is 28.6 Å². The van der Waals surface area contributed by atoms with Crippen molar-refractivity contribution in [2.24, 2.45) is 0 Å². The SMILES string of the molecule is COc1cc(C(=O)N(C)c2ccc3c(c2)OCO3)cc(OC)c1OC. The molecule has 1 heterocycles. The van der Waals surface area contributed by atoms with Crippen molar-refractivity contribution < 1.29 is 28.5 Å². The Morgan fingerprint density at radius 1 is 0.960 bits per heavy atom. The molecule has 0 aliphatic carbocycles. The molecule has 2 aromatic carbocycles. The van der Waals surface area contributed by atoms with Gasteiger partial charge in [0, 0.05) is 24.4 Å². The summed E-state index contributed by atoms with van der Waals surface area (Å²) in [7, 11) is 6.21. The normalized spacial score (nSPS) is 11.8. The van der Waals surface area contributed by atoms with Gasteiger partial charge in [0.25, 0.3) is 5.91 Å². The number of amides is 1. The third kappa shape index (κ3) is 3.00. The molecule has 3 rings (SSSR count). The van der Waals surface area contributed by atoms with Crippen LogP contribution in [0.3, 0.4) is 0 Å². The highest BCUT2D eigenvalue weighted by Gasteiger charge is 2.22. The van der Waals surface area contributed by atoms with Gasteiger partial charge in [-0.1, -0.05) is 0 Å². The second kappa shape index (κ2) is 6.80. The maximum Gasteiger partial charge on any atom is 0.258 e. The highest BCUT2D eigenvalue weighted by molar-refractivity contribution is 6.06. The maximum atomic E-state index is 12.9. The standard InChI is InChI=1S/C18H19NO6/c1-19(12-5-6-13-14(9-12)25-10-24-13)18(20)11-7-15(21-2)17(23-4)16(8-11)22-3/h5-9H,10H2,1-4H3. The smallest absolute Gasteiger partial charge is 0.258 e. The van der Waals surface area contributed by atoms with Crippen LogP contribution in [0.1, 0.15) is 10.4 Å². The number of hydrogen-bond acceptors (Lipinski definition) is 6. The molecule has 0 saturated carbocycles. The Labute approximate surface area is 145 Å². The lowest BCUT2D eigenvalue weighted by atomic mass is 10.1. The predicted octanol–water partition coefficient (Wildman–Crippen LogP) is 2.72. The highest BCUT2D eigenvalue weighted by Crippen LogP contribution is 2.39. The molecule has 1 aliphatic rings.